The molecule has 0 saturated heterocycles. The Bertz CT molecular complexity index is 1150. The van der Waals surface area contributed by atoms with E-state index in [1.54, 1.807) is 12.1 Å². The number of likely N-dealkylation sites (N-methyl/N-ethyl adjacent to an activating group) is 1. The lowest BCUT2D eigenvalue weighted by molar-refractivity contribution is -0.905. The van der Waals surface area contributed by atoms with Gasteiger partial charge in [-0.2, -0.15) is 0 Å². The second-order valence-electron chi connectivity index (χ2n) is 10.5. The Kier molecular flexibility index (Phi) is 8.74. The topological polar surface area (TPSA) is 77.6 Å². The number of ether oxygens (including phenoxy) is 2. The second kappa shape index (κ2) is 11.8. The van der Waals surface area contributed by atoms with Crippen molar-refractivity contribution in [1.82, 2.24) is 10.2 Å². The van der Waals surface area contributed by atoms with Gasteiger partial charge in [0.05, 0.1) is 27.3 Å². The number of halogens is 3. The summed E-state index contributed by atoms with van der Waals surface area (Å²) >= 11 is 0. The third kappa shape index (κ3) is 7.33. The van der Waals surface area contributed by atoms with Gasteiger partial charge in [0.15, 0.2) is 12.1 Å². The van der Waals surface area contributed by atoms with Crippen LogP contribution < -0.4 is 4.74 Å². The van der Waals surface area contributed by atoms with Gasteiger partial charge in [0, 0.05) is 5.92 Å². The second-order valence-corrected chi connectivity index (χ2v) is 10.5. The summed E-state index contributed by atoms with van der Waals surface area (Å²) in [4.78, 5) is 0. The Morgan fingerprint density at radius 1 is 0.974 bits per heavy atom. The summed E-state index contributed by atoms with van der Waals surface area (Å²) in [6.07, 6.45) is 0.394. The smallest absolute Gasteiger partial charge is 0.416 e. The zero-order valence-electron chi connectivity index (χ0n) is 21.8. The molecule has 1 atom stereocenters. The van der Waals surface area contributed by atoms with Gasteiger partial charge in [-0.15, -0.1) is 23.4 Å². The maximum Gasteiger partial charge on any atom is 0.573 e. The molecule has 1 saturated carbocycles. The summed E-state index contributed by atoms with van der Waals surface area (Å²) in [7, 11) is 4.03. The van der Waals surface area contributed by atoms with Gasteiger partial charge in [-0.1, -0.05) is 61.7 Å². The minimum atomic E-state index is -4.71. The first-order chi connectivity index (χ1) is 18.1. The molecule has 3 aromatic rings. The summed E-state index contributed by atoms with van der Waals surface area (Å²) in [6.45, 7) is 1.78. The number of aromatic nitrogens is 2. The van der Waals surface area contributed by atoms with E-state index in [1.807, 2.05) is 44.4 Å². The normalized spacial score (nSPS) is 16.8. The Morgan fingerprint density at radius 3 is 2.32 bits per heavy atom. The molecule has 38 heavy (non-hydrogen) atoms. The highest BCUT2D eigenvalue weighted by atomic mass is 19.4. The number of nitrogens with zero attached hydrogens (tertiary/aromatic N) is 3. The van der Waals surface area contributed by atoms with Crippen LogP contribution in [0.1, 0.15) is 55.0 Å². The predicted molar refractivity (Wildman–Crippen MR) is 134 cm³/mol. The molecule has 1 heterocycles. The Labute approximate surface area is 220 Å². The fraction of sp³-hybridized carbons (Fsp3) is 0.500. The molecule has 1 fully saturated rings. The Balaban J connectivity index is 1.34. The van der Waals surface area contributed by atoms with Crippen molar-refractivity contribution in [3.05, 3.63) is 77.5 Å². The van der Waals surface area contributed by atoms with E-state index in [2.05, 4.69) is 14.9 Å². The van der Waals surface area contributed by atoms with Crippen LogP contribution in [0.15, 0.2) is 59.0 Å². The van der Waals surface area contributed by atoms with Gasteiger partial charge in [0.1, 0.15) is 12.3 Å². The molecular formula is C28H35F3N3O4+. The van der Waals surface area contributed by atoms with E-state index in [1.165, 1.54) is 18.6 Å². The summed E-state index contributed by atoms with van der Waals surface area (Å²) in [5.74, 6) is 0.424. The first-order valence-electron chi connectivity index (χ1n) is 12.9. The number of benzene rings is 2. The van der Waals surface area contributed by atoms with Crippen LogP contribution in [-0.2, 0) is 23.5 Å². The molecule has 1 unspecified atom stereocenters. The molecule has 0 amide bonds. The fourth-order valence-corrected chi connectivity index (χ4v) is 4.95. The molecule has 0 radical (unpaired) electrons. The molecule has 7 nitrogen and oxygen atoms in total. The first kappa shape index (κ1) is 28.1. The van der Waals surface area contributed by atoms with E-state index in [-0.39, 0.29) is 24.2 Å². The van der Waals surface area contributed by atoms with Gasteiger partial charge in [0.25, 0.3) is 11.8 Å². The van der Waals surface area contributed by atoms with Crippen LogP contribution >= 0.6 is 0 Å². The van der Waals surface area contributed by atoms with Gasteiger partial charge in [0.2, 0.25) is 0 Å². The molecule has 2 aromatic carbocycles. The van der Waals surface area contributed by atoms with Crippen molar-refractivity contribution in [2.45, 2.75) is 57.2 Å². The van der Waals surface area contributed by atoms with Gasteiger partial charge in [-0.25, -0.2) is 0 Å². The van der Waals surface area contributed by atoms with Crippen molar-refractivity contribution in [3.63, 3.8) is 0 Å². The summed E-state index contributed by atoms with van der Waals surface area (Å²) in [6, 6.07) is 15.2. The molecule has 1 aliphatic rings. The maximum atomic E-state index is 12.3. The van der Waals surface area contributed by atoms with Crippen molar-refractivity contribution in [3.8, 4) is 5.75 Å². The van der Waals surface area contributed by atoms with Crippen molar-refractivity contribution in [1.29, 1.82) is 0 Å². The van der Waals surface area contributed by atoms with E-state index in [0.717, 1.165) is 36.8 Å². The van der Waals surface area contributed by atoms with Gasteiger partial charge in [-0.05, 0) is 36.1 Å². The van der Waals surface area contributed by atoms with Crippen LogP contribution in [0.3, 0.4) is 0 Å². The van der Waals surface area contributed by atoms with Gasteiger partial charge >= 0.3 is 6.36 Å². The molecule has 1 N–H and O–H groups in total. The first-order valence-corrected chi connectivity index (χ1v) is 12.9. The molecular weight excluding hydrogens is 499 g/mol. The number of aliphatic hydroxyl groups is 1. The van der Waals surface area contributed by atoms with Crippen LogP contribution in [0.5, 0.6) is 5.75 Å². The highest BCUT2D eigenvalue weighted by Gasteiger charge is 2.45. The molecule has 0 aliphatic heterocycles. The zero-order valence-corrected chi connectivity index (χ0v) is 21.8. The predicted octanol–water partition coefficient (Wildman–Crippen LogP) is 5.58. The minimum absolute atomic E-state index is 0.0111. The molecule has 10 heteroatoms. The zero-order chi connectivity index (χ0) is 27.2. The van der Waals surface area contributed by atoms with Crippen molar-refractivity contribution < 1.29 is 36.7 Å². The van der Waals surface area contributed by atoms with Crippen LogP contribution in [0.2, 0.25) is 0 Å². The number of rotatable bonds is 11. The Morgan fingerprint density at radius 2 is 1.66 bits per heavy atom. The van der Waals surface area contributed by atoms with E-state index in [0.29, 0.717) is 30.1 Å². The lowest BCUT2D eigenvalue weighted by Gasteiger charge is -2.36. The highest BCUT2D eigenvalue weighted by molar-refractivity contribution is 5.29. The molecule has 1 aromatic heterocycles. The number of alkyl halides is 3. The number of hydrogen-bond acceptors (Lipinski definition) is 6. The number of hydrogen-bond donors (Lipinski definition) is 1. The quantitative estimate of drug-likeness (QED) is 0.256. The van der Waals surface area contributed by atoms with Crippen molar-refractivity contribution in [2.24, 2.45) is 5.92 Å². The SMILES string of the molecule is C[N+](C)(CCOCc1ccc(OC(F)(F)F)cc1)Cc1nnc(C(O)(c2ccccc2)C2CCCCC2)o1. The van der Waals surface area contributed by atoms with Gasteiger partial charge in [-0.3, -0.25) is 0 Å². The molecule has 206 valence electrons. The lowest BCUT2D eigenvalue weighted by atomic mass is 9.73. The van der Waals surface area contributed by atoms with Crippen LogP contribution in [0.4, 0.5) is 13.2 Å². The minimum Gasteiger partial charge on any atom is -0.416 e. The summed E-state index contributed by atoms with van der Waals surface area (Å²) < 4.78 is 53.1. The van der Waals surface area contributed by atoms with Crippen LogP contribution in [-0.4, -0.2) is 53.4 Å². The van der Waals surface area contributed by atoms with Crippen molar-refractivity contribution in [2.75, 3.05) is 27.2 Å². The van der Waals surface area contributed by atoms with Gasteiger partial charge < -0.3 is 23.5 Å². The summed E-state index contributed by atoms with van der Waals surface area (Å²) in [5.41, 5.74) is 0.185. The van der Waals surface area contributed by atoms with Crippen LogP contribution in [0, 0.1) is 5.92 Å². The summed E-state index contributed by atoms with van der Waals surface area (Å²) in [5, 5.41) is 20.5. The fourth-order valence-electron chi connectivity index (χ4n) is 4.95. The highest BCUT2D eigenvalue weighted by Crippen LogP contribution is 2.43. The molecule has 4 rings (SSSR count). The van der Waals surface area contributed by atoms with E-state index >= 15 is 0 Å². The molecule has 1 aliphatic carbocycles. The Hall–Kier alpha value is -2.95. The van der Waals surface area contributed by atoms with E-state index in [4.69, 9.17) is 9.15 Å². The standard InChI is InChI=1S/C28H35F3N3O4/c1-34(2,17-18-36-20-21-13-15-24(16-14-21)38-28(29,30)31)19-25-32-33-26(37-25)27(35,22-9-5-3-6-10-22)23-11-7-4-8-12-23/h3,5-6,9-10,13-16,23,35H,4,7-8,11-12,17-20H2,1-2H3/q+1. The third-order valence-electron chi connectivity index (χ3n) is 7.03. The molecule has 0 bridgehead atoms. The maximum absolute atomic E-state index is 12.3. The van der Waals surface area contributed by atoms with Crippen molar-refractivity contribution >= 4 is 0 Å². The van der Waals surface area contributed by atoms with Crippen LogP contribution in [0.25, 0.3) is 0 Å². The molecule has 0 spiro atoms. The van der Waals surface area contributed by atoms with E-state index in [9.17, 15) is 18.3 Å². The average Bonchev–Trinajstić information content (AvgIpc) is 3.35. The lowest BCUT2D eigenvalue weighted by Crippen LogP contribution is -2.41. The number of quaternary nitrogens is 1. The largest absolute Gasteiger partial charge is 0.573 e. The average molecular weight is 535 g/mol. The van der Waals surface area contributed by atoms with E-state index < -0.39 is 12.0 Å². The third-order valence-corrected chi connectivity index (χ3v) is 7.03. The monoisotopic (exact) mass is 534 g/mol.